The SMILES string of the molecule is COC(=O)[C@@H]1C(=O)[C@H](C(=O)OC)C2C1[C@@H](C(=O)OC)C(=O)[C@H]2C(=O)OC. The van der Waals surface area contributed by atoms with Gasteiger partial charge >= 0.3 is 23.9 Å². The summed E-state index contributed by atoms with van der Waals surface area (Å²) < 4.78 is 18.4. The molecule has 0 aromatic carbocycles. The smallest absolute Gasteiger partial charge is 0.316 e. The molecule has 2 rings (SSSR count). The molecule has 142 valence electrons. The quantitative estimate of drug-likeness (QED) is 0.328. The second kappa shape index (κ2) is 7.22. The van der Waals surface area contributed by atoms with Gasteiger partial charge in [0, 0.05) is 11.8 Å². The summed E-state index contributed by atoms with van der Waals surface area (Å²) in [7, 11) is 4.10. The lowest BCUT2D eigenvalue weighted by atomic mass is 9.82. The number of rotatable bonds is 4. The van der Waals surface area contributed by atoms with Crippen LogP contribution in [-0.4, -0.2) is 63.9 Å². The van der Waals surface area contributed by atoms with Crippen molar-refractivity contribution in [2.45, 2.75) is 0 Å². The minimum absolute atomic E-state index is 0.867. The Morgan fingerprint density at radius 1 is 0.538 bits per heavy atom. The first-order chi connectivity index (χ1) is 12.3. The lowest BCUT2D eigenvalue weighted by Gasteiger charge is -2.20. The van der Waals surface area contributed by atoms with Crippen molar-refractivity contribution in [3.63, 3.8) is 0 Å². The fraction of sp³-hybridized carbons (Fsp3) is 0.625. The van der Waals surface area contributed by atoms with E-state index >= 15 is 0 Å². The van der Waals surface area contributed by atoms with Gasteiger partial charge in [0.05, 0.1) is 28.4 Å². The molecule has 10 heteroatoms. The first kappa shape index (κ1) is 19.5. The van der Waals surface area contributed by atoms with E-state index in [1.807, 2.05) is 0 Å². The van der Waals surface area contributed by atoms with E-state index in [4.69, 9.17) is 0 Å². The Bertz CT molecular complexity index is 571. The molecule has 0 aliphatic heterocycles. The number of Topliss-reactive ketones (excluding diaryl/α,β-unsaturated/α-hetero) is 2. The molecule has 0 amide bonds. The summed E-state index contributed by atoms with van der Waals surface area (Å²) in [6.07, 6.45) is 0. The summed E-state index contributed by atoms with van der Waals surface area (Å²) in [5.74, 6) is -14.6. The normalized spacial score (nSPS) is 32.6. The molecule has 0 aromatic heterocycles. The number of ether oxygens (including phenoxy) is 4. The Labute approximate surface area is 148 Å². The molecule has 0 radical (unpaired) electrons. The van der Waals surface area contributed by atoms with Gasteiger partial charge in [0.25, 0.3) is 0 Å². The Morgan fingerprint density at radius 2 is 0.731 bits per heavy atom. The number of esters is 4. The van der Waals surface area contributed by atoms with Crippen LogP contribution in [0, 0.1) is 35.5 Å². The average Bonchev–Trinajstić information content (AvgIpc) is 3.08. The van der Waals surface area contributed by atoms with Crippen LogP contribution in [0.5, 0.6) is 0 Å². The van der Waals surface area contributed by atoms with Crippen LogP contribution in [0.15, 0.2) is 0 Å². The van der Waals surface area contributed by atoms with E-state index in [1.165, 1.54) is 0 Å². The third-order valence-electron chi connectivity index (χ3n) is 5.03. The van der Waals surface area contributed by atoms with Crippen LogP contribution < -0.4 is 0 Å². The van der Waals surface area contributed by atoms with E-state index in [2.05, 4.69) is 18.9 Å². The van der Waals surface area contributed by atoms with E-state index in [-0.39, 0.29) is 0 Å². The highest BCUT2D eigenvalue weighted by atomic mass is 16.5. The van der Waals surface area contributed by atoms with Crippen LogP contribution in [0.4, 0.5) is 0 Å². The number of carbonyl (C=O) groups excluding carboxylic acids is 6. The van der Waals surface area contributed by atoms with Crippen LogP contribution >= 0.6 is 0 Å². The van der Waals surface area contributed by atoms with Crippen LogP contribution in [-0.2, 0) is 47.7 Å². The van der Waals surface area contributed by atoms with Gasteiger partial charge in [0.2, 0.25) is 0 Å². The zero-order chi connectivity index (χ0) is 19.8. The highest BCUT2D eigenvalue weighted by molar-refractivity contribution is 6.18. The summed E-state index contributed by atoms with van der Waals surface area (Å²) in [5.41, 5.74) is 0. The Morgan fingerprint density at radius 3 is 0.885 bits per heavy atom. The molecule has 0 heterocycles. The van der Waals surface area contributed by atoms with Crippen molar-refractivity contribution in [2.75, 3.05) is 28.4 Å². The maximum atomic E-state index is 12.7. The molecule has 26 heavy (non-hydrogen) atoms. The lowest BCUT2D eigenvalue weighted by molar-refractivity contribution is -0.156. The summed E-state index contributed by atoms with van der Waals surface area (Å²) in [6.45, 7) is 0. The number of hydrogen-bond donors (Lipinski definition) is 0. The summed E-state index contributed by atoms with van der Waals surface area (Å²) in [6, 6.07) is 0. The fourth-order valence-electron chi connectivity index (χ4n) is 4.02. The van der Waals surface area contributed by atoms with Gasteiger partial charge in [-0.05, 0) is 0 Å². The van der Waals surface area contributed by atoms with Crippen molar-refractivity contribution in [2.24, 2.45) is 35.5 Å². The topological polar surface area (TPSA) is 139 Å². The third-order valence-corrected chi connectivity index (χ3v) is 5.03. The molecular weight excluding hydrogens is 352 g/mol. The zero-order valence-electron chi connectivity index (χ0n) is 14.5. The van der Waals surface area contributed by atoms with Gasteiger partial charge in [-0.3, -0.25) is 28.8 Å². The van der Waals surface area contributed by atoms with E-state index in [0.29, 0.717) is 0 Å². The highest BCUT2D eigenvalue weighted by Crippen LogP contribution is 2.54. The van der Waals surface area contributed by atoms with Gasteiger partial charge in [-0.15, -0.1) is 0 Å². The minimum Gasteiger partial charge on any atom is -0.468 e. The van der Waals surface area contributed by atoms with Gasteiger partial charge in [0.1, 0.15) is 23.7 Å². The molecule has 0 aromatic rings. The third kappa shape index (κ3) is 2.65. The number of hydrogen-bond acceptors (Lipinski definition) is 10. The molecule has 2 unspecified atom stereocenters. The second-order valence-corrected chi connectivity index (χ2v) is 5.96. The predicted molar refractivity (Wildman–Crippen MR) is 79.0 cm³/mol. The molecule has 2 aliphatic rings. The van der Waals surface area contributed by atoms with Crippen LogP contribution in [0.1, 0.15) is 0 Å². The Balaban J connectivity index is 2.67. The van der Waals surface area contributed by atoms with Crippen LogP contribution in [0.25, 0.3) is 0 Å². The maximum absolute atomic E-state index is 12.7. The molecule has 0 saturated heterocycles. The largest absolute Gasteiger partial charge is 0.468 e. The molecule has 0 bridgehead atoms. The Kier molecular flexibility index (Phi) is 5.43. The number of carbonyl (C=O) groups is 6. The van der Waals surface area contributed by atoms with Crippen molar-refractivity contribution in [3.05, 3.63) is 0 Å². The lowest BCUT2D eigenvalue weighted by Crippen LogP contribution is -2.39. The number of fused-ring (bicyclic) bond motifs is 1. The van der Waals surface area contributed by atoms with E-state index in [9.17, 15) is 28.8 Å². The number of ketones is 2. The van der Waals surface area contributed by atoms with Crippen LogP contribution in [0.2, 0.25) is 0 Å². The molecule has 10 nitrogen and oxygen atoms in total. The highest BCUT2D eigenvalue weighted by Gasteiger charge is 2.70. The fourth-order valence-corrected chi connectivity index (χ4v) is 4.02. The first-order valence-electron chi connectivity index (χ1n) is 7.65. The van der Waals surface area contributed by atoms with Crippen molar-refractivity contribution in [1.29, 1.82) is 0 Å². The molecule has 2 fully saturated rings. The molecule has 6 atom stereocenters. The van der Waals surface area contributed by atoms with E-state index in [0.717, 1.165) is 28.4 Å². The molecular formula is C16H18O10. The van der Waals surface area contributed by atoms with Gasteiger partial charge in [-0.25, -0.2) is 0 Å². The van der Waals surface area contributed by atoms with Crippen LogP contribution in [0.3, 0.4) is 0 Å². The zero-order valence-corrected chi connectivity index (χ0v) is 14.5. The monoisotopic (exact) mass is 370 g/mol. The minimum atomic E-state index is -1.57. The van der Waals surface area contributed by atoms with Gasteiger partial charge in [-0.2, -0.15) is 0 Å². The molecule has 2 saturated carbocycles. The van der Waals surface area contributed by atoms with Crippen molar-refractivity contribution >= 4 is 35.4 Å². The van der Waals surface area contributed by atoms with E-state index < -0.39 is 71.0 Å². The predicted octanol–water partition coefficient (Wildman–Crippen LogP) is -1.46. The average molecular weight is 370 g/mol. The second-order valence-electron chi connectivity index (χ2n) is 5.96. The molecule has 0 N–H and O–H groups in total. The maximum Gasteiger partial charge on any atom is 0.316 e. The standard InChI is InChI=1S/C16H18O10/c1-23-13(19)7-5-6(9(11(7)17)15(21)25-3)10(16(22)26-4)12(18)8(5)14(20)24-2/h5-10H,1-4H3/t5?,6?,7-,8+,9+,10-. The summed E-state index contributed by atoms with van der Waals surface area (Å²) in [4.78, 5) is 74.1. The van der Waals surface area contributed by atoms with Crippen molar-refractivity contribution < 1.29 is 47.7 Å². The number of methoxy groups -OCH3 is 4. The van der Waals surface area contributed by atoms with E-state index in [1.54, 1.807) is 0 Å². The van der Waals surface area contributed by atoms with Gasteiger partial charge < -0.3 is 18.9 Å². The summed E-state index contributed by atoms with van der Waals surface area (Å²) >= 11 is 0. The Hall–Kier alpha value is -2.78. The van der Waals surface area contributed by atoms with Crippen molar-refractivity contribution in [1.82, 2.24) is 0 Å². The first-order valence-corrected chi connectivity index (χ1v) is 7.65. The molecule has 2 aliphatic carbocycles. The van der Waals surface area contributed by atoms with Gasteiger partial charge in [-0.1, -0.05) is 0 Å². The molecule has 0 spiro atoms. The van der Waals surface area contributed by atoms with Crippen molar-refractivity contribution in [3.8, 4) is 0 Å². The summed E-state index contributed by atoms with van der Waals surface area (Å²) in [5, 5.41) is 0. The van der Waals surface area contributed by atoms with Gasteiger partial charge in [0.15, 0.2) is 11.6 Å².